The molecular formula is C25H26FN5O2S2. The fourth-order valence-corrected chi connectivity index (χ4v) is 5.92. The van der Waals surface area contributed by atoms with Gasteiger partial charge < -0.3 is 9.80 Å². The molecule has 0 spiro atoms. The number of aromatic nitrogens is 1. The van der Waals surface area contributed by atoms with Crippen LogP contribution in [0.15, 0.2) is 34.0 Å². The molecule has 35 heavy (non-hydrogen) atoms. The third-order valence-electron chi connectivity index (χ3n) is 6.40. The molecule has 1 aromatic carbocycles. The molecule has 4 rings (SSSR count). The molecule has 182 valence electrons. The van der Waals surface area contributed by atoms with Crippen molar-refractivity contribution in [2.75, 3.05) is 42.5 Å². The summed E-state index contributed by atoms with van der Waals surface area (Å²) < 4.78 is 16.4. The number of rotatable bonds is 5. The van der Waals surface area contributed by atoms with Crippen molar-refractivity contribution in [3.05, 3.63) is 62.0 Å². The van der Waals surface area contributed by atoms with Crippen LogP contribution in [-0.4, -0.2) is 52.4 Å². The molecule has 0 aliphatic carbocycles. The highest BCUT2D eigenvalue weighted by Gasteiger charge is 2.32. The van der Waals surface area contributed by atoms with Gasteiger partial charge in [-0.3, -0.25) is 19.1 Å². The minimum atomic E-state index is -0.350. The van der Waals surface area contributed by atoms with Gasteiger partial charge in [0, 0.05) is 44.8 Å². The van der Waals surface area contributed by atoms with Gasteiger partial charge in [-0.1, -0.05) is 36.1 Å². The fraction of sp³-hybridized carbons (Fsp3) is 0.360. The van der Waals surface area contributed by atoms with Crippen molar-refractivity contribution >= 4 is 51.8 Å². The Balaban J connectivity index is 1.79. The number of carbonyl (C=O) groups excluding carboxylic acids is 1. The van der Waals surface area contributed by atoms with Crippen molar-refractivity contribution in [1.82, 2.24) is 9.47 Å². The van der Waals surface area contributed by atoms with E-state index in [0.29, 0.717) is 71.1 Å². The largest absolute Gasteiger partial charge is 0.366 e. The standard InChI is InChI=1S/C25H26FN5O2S2/c1-4-30-22(29-12-10-28(11-13-29)20-9-7-6-8-19(20)26)17(16(3)18(15-27)23(30)32)14-21-24(33)31(5-2)25(34)35-21/h6-9,14H,4-5,10-13H2,1-3H3/b21-14+. The lowest BCUT2D eigenvalue weighted by molar-refractivity contribution is -0.121. The maximum absolute atomic E-state index is 14.3. The number of nitriles is 1. The number of likely N-dealkylation sites (N-methyl/N-ethyl adjacent to an activating group) is 1. The molecule has 2 saturated heterocycles. The fourth-order valence-electron chi connectivity index (χ4n) is 4.55. The third kappa shape index (κ3) is 4.46. The van der Waals surface area contributed by atoms with E-state index in [1.807, 2.05) is 30.9 Å². The van der Waals surface area contributed by atoms with Gasteiger partial charge in [-0.25, -0.2) is 4.39 Å². The number of hydrogen-bond acceptors (Lipinski definition) is 7. The van der Waals surface area contributed by atoms with E-state index in [0.717, 1.165) is 0 Å². The molecule has 0 radical (unpaired) electrons. The molecule has 0 N–H and O–H groups in total. The molecule has 2 aliphatic heterocycles. The molecule has 0 bridgehead atoms. The van der Waals surface area contributed by atoms with Crippen molar-refractivity contribution in [1.29, 1.82) is 5.26 Å². The molecular weight excluding hydrogens is 485 g/mol. The quantitative estimate of drug-likeness (QED) is 0.447. The number of thioether (sulfide) groups is 1. The van der Waals surface area contributed by atoms with Crippen LogP contribution in [-0.2, 0) is 11.3 Å². The monoisotopic (exact) mass is 511 g/mol. The Hall–Kier alpha value is -3.16. The van der Waals surface area contributed by atoms with Crippen LogP contribution in [0, 0.1) is 24.1 Å². The van der Waals surface area contributed by atoms with Gasteiger partial charge in [0.25, 0.3) is 11.5 Å². The number of carbonyl (C=O) groups is 1. The minimum Gasteiger partial charge on any atom is -0.366 e. The number of piperazine rings is 1. The van der Waals surface area contributed by atoms with Crippen LogP contribution < -0.4 is 15.4 Å². The van der Waals surface area contributed by atoms with Crippen molar-refractivity contribution in [3.8, 4) is 6.07 Å². The summed E-state index contributed by atoms with van der Waals surface area (Å²) in [5.74, 6) is 0.230. The Kier molecular flexibility index (Phi) is 7.28. The van der Waals surface area contributed by atoms with Crippen molar-refractivity contribution in [2.24, 2.45) is 0 Å². The molecule has 3 heterocycles. The zero-order valence-electron chi connectivity index (χ0n) is 19.9. The Labute approximate surface area is 213 Å². The first-order valence-corrected chi connectivity index (χ1v) is 12.7. The highest BCUT2D eigenvalue weighted by Crippen LogP contribution is 2.36. The molecule has 2 aliphatic rings. The van der Waals surface area contributed by atoms with Crippen molar-refractivity contribution < 1.29 is 9.18 Å². The van der Waals surface area contributed by atoms with E-state index in [2.05, 4.69) is 4.90 Å². The summed E-state index contributed by atoms with van der Waals surface area (Å²) in [4.78, 5) is 32.2. The van der Waals surface area contributed by atoms with Crippen LogP contribution >= 0.6 is 24.0 Å². The molecule has 0 atom stereocenters. The Bertz CT molecular complexity index is 1320. The van der Waals surface area contributed by atoms with E-state index < -0.39 is 0 Å². The van der Waals surface area contributed by atoms with Gasteiger partial charge in [-0.2, -0.15) is 5.26 Å². The first-order chi connectivity index (χ1) is 16.8. The lowest BCUT2D eigenvalue weighted by Crippen LogP contribution is -2.49. The predicted octanol–water partition coefficient (Wildman–Crippen LogP) is 3.74. The van der Waals surface area contributed by atoms with Crippen LogP contribution in [0.5, 0.6) is 0 Å². The number of thiocarbonyl (C=S) groups is 1. The topological polar surface area (TPSA) is 72.6 Å². The molecule has 1 aromatic heterocycles. The SMILES string of the molecule is CCN1C(=O)/C(=C\c2c(C)c(C#N)c(=O)n(CC)c2N2CCN(c3ccccc3F)CC2)SC1=S. The van der Waals surface area contributed by atoms with E-state index >= 15 is 0 Å². The van der Waals surface area contributed by atoms with Gasteiger partial charge in [0.2, 0.25) is 0 Å². The number of nitrogens with zero attached hydrogens (tertiary/aromatic N) is 5. The zero-order valence-corrected chi connectivity index (χ0v) is 21.5. The van der Waals surface area contributed by atoms with E-state index in [1.165, 1.54) is 22.7 Å². The van der Waals surface area contributed by atoms with E-state index in [9.17, 15) is 19.2 Å². The van der Waals surface area contributed by atoms with Crippen LogP contribution in [0.2, 0.25) is 0 Å². The van der Waals surface area contributed by atoms with Gasteiger partial charge in [-0.15, -0.1) is 0 Å². The second-order valence-electron chi connectivity index (χ2n) is 8.25. The number of amides is 1. The minimum absolute atomic E-state index is 0.0674. The maximum atomic E-state index is 14.3. The molecule has 2 aromatic rings. The van der Waals surface area contributed by atoms with Gasteiger partial charge in [-0.05, 0) is 44.5 Å². The summed E-state index contributed by atoms with van der Waals surface area (Å²) in [5, 5.41) is 9.73. The second-order valence-corrected chi connectivity index (χ2v) is 9.93. The summed E-state index contributed by atoms with van der Waals surface area (Å²) in [5.41, 5.74) is 1.48. The number of anilines is 2. The zero-order chi connectivity index (χ0) is 25.3. The molecule has 10 heteroatoms. The summed E-state index contributed by atoms with van der Waals surface area (Å²) in [6.07, 6.45) is 1.76. The number of pyridine rings is 1. The second kappa shape index (κ2) is 10.2. The summed E-state index contributed by atoms with van der Waals surface area (Å²) >= 11 is 6.59. The van der Waals surface area contributed by atoms with Crippen LogP contribution in [0.4, 0.5) is 15.9 Å². The van der Waals surface area contributed by atoms with Crippen LogP contribution in [0.25, 0.3) is 6.08 Å². The van der Waals surface area contributed by atoms with Crippen LogP contribution in [0.3, 0.4) is 0 Å². The molecule has 1 amide bonds. The number of hydrogen-bond donors (Lipinski definition) is 0. The van der Waals surface area contributed by atoms with Gasteiger partial charge >= 0.3 is 0 Å². The number of halogens is 1. The van der Waals surface area contributed by atoms with Gasteiger partial charge in [0.1, 0.15) is 27.6 Å². The summed E-state index contributed by atoms with van der Waals surface area (Å²) in [6.45, 7) is 8.54. The normalized spacial score (nSPS) is 17.5. The lowest BCUT2D eigenvalue weighted by atomic mass is 10.0. The van der Waals surface area contributed by atoms with Crippen LogP contribution in [0.1, 0.15) is 30.5 Å². The third-order valence-corrected chi connectivity index (χ3v) is 7.78. The average molecular weight is 512 g/mol. The smallest absolute Gasteiger partial charge is 0.270 e. The van der Waals surface area contributed by atoms with Crippen molar-refractivity contribution in [2.45, 2.75) is 27.3 Å². The van der Waals surface area contributed by atoms with E-state index in [1.54, 1.807) is 29.7 Å². The van der Waals surface area contributed by atoms with Gasteiger partial charge in [0.05, 0.1) is 10.6 Å². The first kappa shape index (κ1) is 24.9. The Morgan fingerprint density at radius 2 is 1.77 bits per heavy atom. The van der Waals surface area contributed by atoms with E-state index in [4.69, 9.17) is 12.2 Å². The molecule has 2 fully saturated rings. The first-order valence-electron chi connectivity index (χ1n) is 11.5. The highest BCUT2D eigenvalue weighted by atomic mass is 32.2. The van der Waals surface area contributed by atoms with E-state index in [-0.39, 0.29) is 22.8 Å². The average Bonchev–Trinajstić information content (AvgIpc) is 3.13. The molecule has 0 unspecified atom stereocenters. The van der Waals surface area contributed by atoms with Crippen molar-refractivity contribution in [3.63, 3.8) is 0 Å². The highest BCUT2D eigenvalue weighted by molar-refractivity contribution is 8.26. The molecule has 7 nitrogen and oxygen atoms in total. The summed E-state index contributed by atoms with van der Waals surface area (Å²) in [7, 11) is 0. The maximum Gasteiger partial charge on any atom is 0.270 e. The summed E-state index contributed by atoms with van der Waals surface area (Å²) in [6, 6.07) is 8.75. The number of benzene rings is 1. The molecule has 0 saturated carbocycles. The predicted molar refractivity (Wildman–Crippen MR) is 142 cm³/mol. The Morgan fingerprint density at radius 3 is 2.34 bits per heavy atom. The Morgan fingerprint density at radius 1 is 1.11 bits per heavy atom. The lowest BCUT2D eigenvalue weighted by Gasteiger charge is -2.39. The number of para-hydroxylation sites is 1. The van der Waals surface area contributed by atoms with Gasteiger partial charge in [0.15, 0.2) is 0 Å².